The van der Waals surface area contributed by atoms with Crippen molar-refractivity contribution in [1.82, 2.24) is 15.2 Å². The SMILES string of the molecule is COCC(O)CN(C)C(=O)NCc1nc(C(=O)O)cs1. The van der Waals surface area contributed by atoms with Gasteiger partial charge in [-0.05, 0) is 0 Å². The van der Waals surface area contributed by atoms with Gasteiger partial charge in [-0.2, -0.15) is 0 Å². The number of urea groups is 1. The van der Waals surface area contributed by atoms with E-state index in [2.05, 4.69) is 10.3 Å². The first-order valence-electron chi connectivity index (χ1n) is 5.77. The fraction of sp³-hybridized carbons (Fsp3) is 0.545. The van der Waals surface area contributed by atoms with Gasteiger partial charge in [-0.3, -0.25) is 0 Å². The Morgan fingerprint density at radius 2 is 2.30 bits per heavy atom. The lowest BCUT2D eigenvalue weighted by Crippen LogP contribution is -2.42. The number of nitrogens with one attached hydrogen (secondary N) is 1. The number of rotatable bonds is 7. The first-order valence-corrected chi connectivity index (χ1v) is 6.65. The molecule has 1 aromatic heterocycles. The Morgan fingerprint density at radius 1 is 1.60 bits per heavy atom. The number of carboxylic acids is 1. The Morgan fingerprint density at radius 3 is 2.85 bits per heavy atom. The van der Waals surface area contributed by atoms with Crippen molar-refractivity contribution in [3.8, 4) is 0 Å². The number of carbonyl (C=O) groups excluding carboxylic acids is 1. The molecule has 112 valence electrons. The predicted molar refractivity (Wildman–Crippen MR) is 71.8 cm³/mol. The van der Waals surface area contributed by atoms with E-state index >= 15 is 0 Å². The minimum Gasteiger partial charge on any atom is -0.476 e. The highest BCUT2D eigenvalue weighted by Gasteiger charge is 2.14. The zero-order chi connectivity index (χ0) is 15.1. The van der Waals surface area contributed by atoms with Crippen LogP contribution in [0.3, 0.4) is 0 Å². The lowest BCUT2D eigenvalue weighted by atomic mass is 10.3. The third-order valence-electron chi connectivity index (χ3n) is 2.35. The number of aliphatic hydroxyl groups excluding tert-OH is 1. The third-order valence-corrected chi connectivity index (χ3v) is 3.20. The van der Waals surface area contributed by atoms with Crippen LogP contribution >= 0.6 is 11.3 Å². The smallest absolute Gasteiger partial charge is 0.355 e. The number of methoxy groups -OCH3 is 1. The van der Waals surface area contributed by atoms with Crippen LogP contribution in [0.25, 0.3) is 0 Å². The fourth-order valence-electron chi connectivity index (χ4n) is 1.42. The summed E-state index contributed by atoms with van der Waals surface area (Å²) in [4.78, 5) is 27.5. The summed E-state index contributed by atoms with van der Waals surface area (Å²) >= 11 is 1.16. The Kier molecular flexibility index (Phi) is 6.36. The quantitative estimate of drug-likeness (QED) is 0.653. The molecule has 0 saturated carbocycles. The molecule has 1 atom stereocenters. The van der Waals surface area contributed by atoms with Gasteiger partial charge in [0.05, 0.1) is 25.8 Å². The van der Waals surface area contributed by atoms with Crippen LogP contribution in [0.2, 0.25) is 0 Å². The average Bonchev–Trinajstić information content (AvgIpc) is 2.85. The van der Waals surface area contributed by atoms with Crippen molar-refractivity contribution >= 4 is 23.3 Å². The zero-order valence-electron chi connectivity index (χ0n) is 11.2. The number of amides is 2. The number of ether oxygens (including phenoxy) is 1. The van der Waals surface area contributed by atoms with E-state index in [0.717, 1.165) is 11.3 Å². The van der Waals surface area contributed by atoms with Crippen molar-refractivity contribution in [3.05, 3.63) is 16.1 Å². The van der Waals surface area contributed by atoms with Crippen molar-refractivity contribution in [3.63, 3.8) is 0 Å². The standard InChI is InChI=1S/C11H17N3O5S/c1-14(4-7(15)5-19-2)11(18)12-3-9-13-8(6-20-9)10(16)17/h6-7,15H,3-5H2,1-2H3,(H,12,18)(H,16,17). The van der Waals surface area contributed by atoms with Gasteiger partial charge in [0.1, 0.15) is 5.01 Å². The second kappa shape index (κ2) is 7.78. The molecule has 0 bridgehead atoms. The van der Waals surface area contributed by atoms with Crippen molar-refractivity contribution in [2.75, 3.05) is 27.3 Å². The summed E-state index contributed by atoms with van der Waals surface area (Å²) in [7, 11) is 3.00. The molecule has 2 amide bonds. The topological polar surface area (TPSA) is 112 Å². The van der Waals surface area contributed by atoms with Gasteiger partial charge < -0.3 is 25.2 Å². The molecule has 0 spiro atoms. The Bertz CT molecular complexity index is 465. The number of carboxylic acid groups (broad SMARTS) is 1. The van der Waals surface area contributed by atoms with E-state index in [9.17, 15) is 14.7 Å². The van der Waals surface area contributed by atoms with E-state index in [1.165, 1.54) is 17.4 Å². The number of hydrogen-bond acceptors (Lipinski definition) is 6. The average molecular weight is 303 g/mol. The maximum atomic E-state index is 11.7. The van der Waals surface area contributed by atoms with Gasteiger partial charge in [0.15, 0.2) is 5.69 Å². The van der Waals surface area contributed by atoms with Gasteiger partial charge in [-0.1, -0.05) is 0 Å². The molecule has 1 aromatic rings. The molecule has 3 N–H and O–H groups in total. The highest BCUT2D eigenvalue weighted by atomic mass is 32.1. The van der Waals surface area contributed by atoms with Crippen molar-refractivity contribution in [2.24, 2.45) is 0 Å². The van der Waals surface area contributed by atoms with E-state index in [-0.39, 0.29) is 31.4 Å². The molecular weight excluding hydrogens is 286 g/mol. The highest BCUT2D eigenvalue weighted by Crippen LogP contribution is 2.09. The number of aromatic nitrogens is 1. The number of aliphatic hydroxyl groups is 1. The monoisotopic (exact) mass is 303 g/mol. The molecule has 1 heterocycles. The van der Waals surface area contributed by atoms with Crippen LogP contribution in [0.1, 0.15) is 15.5 Å². The Hall–Kier alpha value is -1.71. The van der Waals surface area contributed by atoms with E-state index < -0.39 is 12.1 Å². The lowest BCUT2D eigenvalue weighted by molar-refractivity contribution is 0.0489. The van der Waals surface area contributed by atoms with Gasteiger partial charge in [-0.25, -0.2) is 14.6 Å². The molecule has 8 nitrogen and oxygen atoms in total. The molecule has 0 aliphatic rings. The van der Waals surface area contributed by atoms with Gasteiger partial charge in [0, 0.05) is 19.5 Å². The summed E-state index contributed by atoms with van der Waals surface area (Å²) in [6.07, 6.45) is -0.755. The van der Waals surface area contributed by atoms with Gasteiger partial charge in [0.2, 0.25) is 0 Å². The molecule has 9 heteroatoms. The van der Waals surface area contributed by atoms with Crippen LogP contribution in [0.5, 0.6) is 0 Å². The minimum atomic E-state index is -1.10. The van der Waals surface area contributed by atoms with E-state index in [1.54, 1.807) is 7.05 Å². The maximum Gasteiger partial charge on any atom is 0.355 e. The molecule has 0 radical (unpaired) electrons. The third kappa shape index (κ3) is 5.11. The summed E-state index contributed by atoms with van der Waals surface area (Å²) in [5, 5.41) is 22.7. The Labute approximate surface area is 120 Å². The first-order chi connectivity index (χ1) is 9.43. The van der Waals surface area contributed by atoms with Crippen molar-refractivity contribution < 1.29 is 24.5 Å². The molecule has 0 saturated heterocycles. The van der Waals surface area contributed by atoms with E-state index in [1.807, 2.05) is 0 Å². The van der Waals surface area contributed by atoms with E-state index in [4.69, 9.17) is 9.84 Å². The normalized spacial score (nSPS) is 11.9. The predicted octanol–water partition coefficient (Wildman–Crippen LogP) is -0.0100. The number of nitrogens with zero attached hydrogens (tertiary/aromatic N) is 2. The molecule has 20 heavy (non-hydrogen) atoms. The van der Waals surface area contributed by atoms with Gasteiger partial charge in [-0.15, -0.1) is 11.3 Å². The lowest BCUT2D eigenvalue weighted by Gasteiger charge is -2.20. The van der Waals surface area contributed by atoms with Crippen LogP contribution in [0, 0.1) is 0 Å². The van der Waals surface area contributed by atoms with Crippen LogP contribution in [0.15, 0.2) is 5.38 Å². The van der Waals surface area contributed by atoms with Crippen LogP contribution in [0.4, 0.5) is 4.79 Å². The second-order valence-corrected chi connectivity index (χ2v) is 5.02. The largest absolute Gasteiger partial charge is 0.476 e. The summed E-state index contributed by atoms with van der Waals surface area (Å²) in [6.45, 7) is 0.422. The second-order valence-electron chi connectivity index (χ2n) is 4.08. The van der Waals surface area contributed by atoms with Crippen molar-refractivity contribution in [2.45, 2.75) is 12.6 Å². The minimum absolute atomic E-state index is 0.0388. The van der Waals surface area contributed by atoms with Gasteiger partial charge >= 0.3 is 12.0 Å². The number of thiazole rings is 1. The van der Waals surface area contributed by atoms with Crippen LogP contribution in [-0.4, -0.2) is 65.5 Å². The van der Waals surface area contributed by atoms with Crippen molar-refractivity contribution in [1.29, 1.82) is 0 Å². The molecule has 1 rings (SSSR count). The molecule has 0 aliphatic heterocycles. The number of hydrogen-bond donors (Lipinski definition) is 3. The maximum absolute atomic E-state index is 11.7. The summed E-state index contributed by atoms with van der Waals surface area (Å²) in [5.74, 6) is -1.10. The van der Waals surface area contributed by atoms with Crippen LogP contribution < -0.4 is 5.32 Å². The molecule has 0 aromatic carbocycles. The molecule has 0 aliphatic carbocycles. The highest BCUT2D eigenvalue weighted by molar-refractivity contribution is 7.09. The summed E-state index contributed by atoms with van der Waals surface area (Å²) in [5.41, 5.74) is -0.0388. The summed E-state index contributed by atoms with van der Waals surface area (Å²) in [6, 6.07) is -0.382. The van der Waals surface area contributed by atoms with Crippen LogP contribution in [-0.2, 0) is 11.3 Å². The summed E-state index contributed by atoms with van der Waals surface area (Å²) < 4.78 is 4.77. The molecular formula is C11H17N3O5S. The molecule has 0 fully saturated rings. The number of aromatic carboxylic acids is 1. The Balaban J connectivity index is 2.39. The first kappa shape index (κ1) is 16.3. The fourth-order valence-corrected chi connectivity index (χ4v) is 2.13. The number of carbonyl (C=O) groups is 2. The zero-order valence-corrected chi connectivity index (χ0v) is 12.0. The number of likely N-dealkylation sites (N-methyl/N-ethyl adjacent to an activating group) is 1. The van der Waals surface area contributed by atoms with E-state index in [0.29, 0.717) is 5.01 Å². The van der Waals surface area contributed by atoms with Gasteiger partial charge in [0.25, 0.3) is 0 Å². The molecule has 1 unspecified atom stereocenters.